The van der Waals surface area contributed by atoms with Crippen molar-refractivity contribution in [2.45, 2.75) is 12.8 Å². The van der Waals surface area contributed by atoms with Gasteiger partial charge in [0.05, 0.1) is 0 Å². The third-order valence-electron chi connectivity index (χ3n) is 3.68. The van der Waals surface area contributed by atoms with E-state index in [2.05, 4.69) is 60.7 Å². The van der Waals surface area contributed by atoms with E-state index in [1.807, 2.05) is 18.2 Å². The molecule has 3 aromatic carbocycles. The highest BCUT2D eigenvalue weighted by Gasteiger charge is 1.99. The summed E-state index contributed by atoms with van der Waals surface area (Å²) in [6.45, 7) is 0. The molecule has 0 aliphatic rings. The highest BCUT2D eigenvalue weighted by atomic mass is 35.5. The van der Waals surface area contributed by atoms with Crippen molar-refractivity contribution < 1.29 is 0 Å². The van der Waals surface area contributed by atoms with Gasteiger partial charge in [0.15, 0.2) is 0 Å². The minimum Gasteiger partial charge on any atom is -0.0843 e. The molecule has 0 unspecified atom stereocenters. The molecule has 0 saturated carbocycles. The highest BCUT2D eigenvalue weighted by molar-refractivity contribution is 6.30. The van der Waals surface area contributed by atoms with Gasteiger partial charge in [0, 0.05) is 5.02 Å². The van der Waals surface area contributed by atoms with Gasteiger partial charge in [-0.25, -0.2) is 0 Å². The molecule has 0 heterocycles. The van der Waals surface area contributed by atoms with Crippen LogP contribution < -0.4 is 0 Å². The second kappa shape index (κ2) is 6.60. The summed E-state index contributed by atoms with van der Waals surface area (Å²) in [6, 6.07) is 27.4. The summed E-state index contributed by atoms with van der Waals surface area (Å²) in [7, 11) is 0. The third-order valence-corrected chi connectivity index (χ3v) is 3.93. The third kappa shape index (κ3) is 3.74. The second-order valence-corrected chi connectivity index (χ2v) is 5.63. The molecule has 0 aromatic heterocycles. The molecular weight excluding hydrogens is 276 g/mol. The van der Waals surface area contributed by atoms with E-state index in [1.165, 1.54) is 22.3 Å². The summed E-state index contributed by atoms with van der Waals surface area (Å²) in [5.74, 6) is 0. The standard InChI is InChI=1S/C20H17Cl/c21-20-14-10-17(11-15-20)7-6-16-8-12-19(13-9-16)18-4-2-1-3-5-18/h1-5,8-15H,6-7H2. The van der Waals surface area contributed by atoms with E-state index in [0.29, 0.717) is 0 Å². The normalized spacial score (nSPS) is 10.5. The van der Waals surface area contributed by atoms with E-state index in [-0.39, 0.29) is 0 Å². The maximum absolute atomic E-state index is 5.90. The maximum Gasteiger partial charge on any atom is 0.0406 e. The summed E-state index contributed by atoms with van der Waals surface area (Å²) < 4.78 is 0. The zero-order chi connectivity index (χ0) is 14.5. The van der Waals surface area contributed by atoms with E-state index in [4.69, 9.17) is 11.6 Å². The molecule has 0 spiro atoms. The fourth-order valence-corrected chi connectivity index (χ4v) is 2.56. The van der Waals surface area contributed by atoms with Crippen molar-refractivity contribution in [3.8, 4) is 11.1 Å². The maximum atomic E-state index is 5.90. The molecule has 0 N–H and O–H groups in total. The second-order valence-electron chi connectivity index (χ2n) is 5.19. The highest BCUT2D eigenvalue weighted by Crippen LogP contribution is 2.20. The fraction of sp³-hybridized carbons (Fsp3) is 0.100. The molecule has 0 radical (unpaired) electrons. The van der Waals surface area contributed by atoms with Gasteiger partial charge in [-0.3, -0.25) is 0 Å². The summed E-state index contributed by atoms with van der Waals surface area (Å²) in [5, 5.41) is 0.797. The first-order valence-corrected chi connectivity index (χ1v) is 7.58. The van der Waals surface area contributed by atoms with Gasteiger partial charge in [0.25, 0.3) is 0 Å². The Morgan fingerprint density at radius 1 is 0.524 bits per heavy atom. The molecule has 3 rings (SSSR count). The van der Waals surface area contributed by atoms with E-state index in [1.54, 1.807) is 0 Å². The van der Waals surface area contributed by atoms with Crippen LogP contribution in [0.5, 0.6) is 0 Å². The first-order chi connectivity index (χ1) is 10.3. The van der Waals surface area contributed by atoms with Crippen molar-refractivity contribution in [2.24, 2.45) is 0 Å². The van der Waals surface area contributed by atoms with Gasteiger partial charge in [-0.05, 0) is 47.2 Å². The van der Waals surface area contributed by atoms with Crippen molar-refractivity contribution in [1.82, 2.24) is 0 Å². The SMILES string of the molecule is Clc1ccc(CCc2ccc(-c3ccccc3)cc2)cc1. The first kappa shape index (κ1) is 13.9. The van der Waals surface area contributed by atoms with E-state index < -0.39 is 0 Å². The lowest BCUT2D eigenvalue weighted by Crippen LogP contribution is -1.91. The van der Waals surface area contributed by atoms with Gasteiger partial charge in [-0.15, -0.1) is 0 Å². The predicted octanol–water partition coefficient (Wildman–Crippen LogP) is 5.79. The van der Waals surface area contributed by atoms with Crippen LogP contribution in [0.25, 0.3) is 11.1 Å². The molecule has 0 saturated heterocycles. The van der Waals surface area contributed by atoms with Gasteiger partial charge in [0.1, 0.15) is 0 Å². The number of hydrogen-bond acceptors (Lipinski definition) is 0. The van der Waals surface area contributed by atoms with Crippen molar-refractivity contribution in [2.75, 3.05) is 0 Å². The zero-order valence-electron chi connectivity index (χ0n) is 11.8. The van der Waals surface area contributed by atoms with E-state index >= 15 is 0 Å². The van der Waals surface area contributed by atoms with Crippen molar-refractivity contribution >= 4 is 11.6 Å². The number of rotatable bonds is 4. The van der Waals surface area contributed by atoms with Gasteiger partial charge in [0.2, 0.25) is 0 Å². The van der Waals surface area contributed by atoms with Gasteiger partial charge >= 0.3 is 0 Å². The number of halogens is 1. The fourth-order valence-electron chi connectivity index (χ4n) is 2.43. The van der Waals surface area contributed by atoms with Crippen molar-refractivity contribution in [3.05, 3.63) is 95.0 Å². The van der Waals surface area contributed by atoms with Crippen molar-refractivity contribution in [1.29, 1.82) is 0 Å². The van der Waals surface area contributed by atoms with Gasteiger partial charge in [-0.2, -0.15) is 0 Å². The number of hydrogen-bond donors (Lipinski definition) is 0. The Morgan fingerprint density at radius 3 is 1.57 bits per heavy atom. The summed E-state index contributed by atoms with van der Waals surface area (Å²) in [6.07, 6.45) is 2.10. The molecule has 0 aliphatic carbocycles. The molecule has 3 aromatic rings. The molecule has 104 valence electrons. The summed E-state index contributed by atoms with van der Waals surface area (Å²) >= 11 is 5.90. The average molecular weight is 293 g/mol. The van der Waals surface area contributed by atoms with Gasteiger partial charge in [-0.1, -0.05) is 78.3 Å². The van der Waals surface area contributed by atoms with Crippen LogP contribution in [0.2, 0.25) is 5.02 Å². The molecule has 21 heavy (non-hydrogen) atoms. The lowest BCUT2D eigenvalue weighted by molar-refractivity contribution is 0.960. The minimum atomic E-state index is 0.797. The van der Waals surface area contributed by atoms with Crippen LogP contribution >= 0.6 is 11.6 Å². The molecule has 0 fully saturated rings. The lowest BCUT2D eigenvalue weighted by Gasteiger charge is -2.05. The Kier molecular flexibility index (Phi) is 4.37. The van der Waals surface area contributed by atoms with E-state index in [9.17, 15) is 0 Å². The number of benzene rings is 3. The monoisotopic (exact) mass is 292 g/mol. The van der Waals surface area contributed by atoms with Crippen LogP contribution in [0, 0.1) is 0 Å². The van der Waals surface area contributed by atoms with Gasteiger partial charge < -0.3 is 0 Å². The summed E-state index contributed by atoms with van der Waals surface area (Å²) in [5.41, 5.74) is 5.23. The minimum absolute atomic E-state index is 0.797. The molecule has 0 atom stereocenters. The average Bonchev–Trinajstić information content (AvgIpc) is 2.56. The molecule has 0 bridgehead atoms. The Balaban J connectivity index is 1.66. The number of aryl methyl sites for hydroxylation is 2. The van der Waals surface area contributed by atoms with Crippen molar-refractivity contribution in [3.63, 3.8) is 0 Å². The van der Waals surface area contributed by atoms with Crippen LogP contribution in [0.1, 0.15) is 11.1 Å². The summed E-state index contributed by atoms with van der Waals surface area (Å²) in [4.78, 5) is 0. The Bertz CT molecular complexity index is 682. The lowest BCUT2D eigenvalue weighted by atomic mass is 10.0. The van der Waals surface area contributed by atoms with Crippen LogP contribution in [0.3, 0.4) is 0 Å². The molecule has 1 heteroatoms. The van der Waals surface area contributed by atoms with Crippen LogP contribution in [-0.2, 0) is 12.8 Å². The molecule has 0 nitrogen and oxygen atoms in total. The first-order valence-electron chi connectivity index (χ1n) is 7.20. The Labute approximate surface area is 131 Å². The van der Waals surface area contributed by atoms with Crippen LogP contribution in [-0.4, -0.2) is 0 Å². The Morgan fingerprint density at radius 2 is 1.00 bits per heavy atom. The quantitative estimate of drug-likeness (QED) is 0.571. The smallest absolute Gasteiger partial charge is 0.0406 e. The topological polar surface area (TPSA) is 0 Å². The van der Waals surface area contributed by atoms with Crippen LogP contribution in [0.4, 0.5) is 0 Å². The largest absolute Gasteiger partial charge is 0.0843 e. The van der Waals surface area contributed by atoms with Crippen LogP contribution in [0.15, 0.2) is 78.9 Å². The molecular formula is C20H17Cl. The zero-order valence-corrected chi connectivity index (χ0v) is 12.6. The predicted molar refractivity (Wildman–Crippen MR) is 90.7 cm³/mol. The van der Waals surface area contributed by atoms with E-state index in [0.717, 1.165) is 17.9 Å². The Hall–Kier alpha value is -2.05. The molecule has 0 aliphatic heterocycles. The molecule has 0 amide bonds.